The third kappa shape index (κ3) is 28.9. The smallest absolute Gasteiger partial charge is 0.326 e. The van der Waals surface area contributed by atoms with Crippen LogP contribution in [0.3, 0.4) is 0 Å². The van der Waals surface area contributed by atoms with Crippen LogP contribution in [0.2, 0.25) is 0 Å². The average Bonchev–Trinajstić information content (AvgIpc) is 3.24. The number of urea groups is 1. The second-order valence-electron chi connectivity index (χ2n) is 13.7. The van der Waals surface area contributed by atoms with Gasteiger partial charge in [0.1, 0.15) is 12.1 Å². The Morgan fingerprint density at radius 1 is 0.484 bits per heavy atom. The lowest BCUT2D eigenvalue weighted by Crippen LogP contribution is -2.51. The Morgan fingerprint density at radius 3 is 1.35 bits per heavy atom. The number of rotatable bonds is 38. The molecule has 0 aliphatic carbocycles. The van der Waals surface area contributed by atoms with Gasteiger partial charge in [-0.2, -0.15) is 0 Å². The number of amides is 6. The Labute approximate surface area is 361 Å². The molecule has 0 aliphatic rings. The van der Waals surface area contributed by atoms with E-state index in [9.17, 15) is 43.5 Å². The molecule has 350 valence electrons. The summed E-state index contributed by atoms with van der Waals surface area (Å²) in [6, 6.07) is 2.21. The zero-order chi connectivity index (χ0) is 45.8. The minimum absolute atomic E-state index is 0.0868. The van der Waals surface area contributed by atoms with E-state index in [0.29, 0.717) is 96.3 Å². The second kappa shape index (κ2) is 35.2. The van der Waals surface area contributed by atoms with E-state index in [1.54, 1.807) is 24.3 Å². The Bertz CT molecular complexity index is 1500. The van der Waals surface area contributed by atoms with Gasteiger partial charge in [0.15, 0.2) is 0 Å². The summed E-state index contributed by atoms with van der Waals surface area (Å²) in [6.45, 7) is 5.25. The van der Waals surface area contributed by atoms with Crippen LogP contribution in [0, 0.1) is 0 Å². The lowest BCUT2D eigenvalue weighted by Gasteiger charge is -2.18. The van der Waals surface area contributed by atoms with Crippen LogP contribution in [0.4, 0.5) is 4.79 Å². The number of nitrogens with one attached hydrogen (secondary N) is 7. The maximum atomic E-state index is 12.4. The van der Waals surface area contributed by atoms with E-state index >= 15 is 0 Å². The molecule has 2 atom stereocenters. The fourth-order valence-electron chi connectivity index (χ4n) is 5.29. The highest BCUT2D eigenvalue weighted by molar-refractivity contribution is 5.97. The van der Waals surface area contributed by atoms with Gasteiger partial charge in [0.25, 0.3) is 11.8 Å². The molecule has 22 nitrogen and oxygen atoms in total. The van der Waals surface area contributed by atoms with Gasteiger partial charge in [0.2, 0.25) is 11.8 Å². The van der Waals surface area contributed by atoms with Crippen LogP contribution >= 0.6 is 0 Å². The molecular weight excluding hydrogens is 818 g/mol. The molecule has 2 unspecified atom stereocenters. The van der Waals surface area contributed by atoms with Crippen LogP contribution in [-0.2, 0) is 42.9 Å². The molecule has 0 aliphatic heterocycles. The molecule has 1 aromatic carbocycles. The Balaban J connectivity index is 2.01. The number of unbranched alkanes of at least 4 members (excludes halogenated alkanes) is 4. The van der Waals surface area contributed by atoms with Crippen molar-refractivity contribution in [1.29, 1.82) is 0 Å². The highest BCUT2D eigenvalue weighted by Gasteiger charge is 2.25. The molecule has 0 aromatic heterocycles. The van der Waals surface area contributed by atoms with E-state index in [2.05, 4.69) is 31.9 Å². The van der Waals surface area contributed by atoms with Crippen molar-refractivity contribution in [2.75, 3.05) is 92.6 Å². The van der Waals surface area contributed by atoms with Gasteiger partial charge in [0, 0.05) is 63.1 Å². The Morgan fingerprint density at radius 2 is 0.887 bits per heavy atom. The predicted molar refractivity (Wildman–Crippen MR) is 223 cm³/mol. The number of carbonyl (C=O) groups excluding carboxylic acids is 5. The number of ether oxygens (including phenoxy) is 4. The largest absolute Gasteiger partial charge is 0.481 e. The quantitative estimate of drug-likeness (QED) is 0.0386. The molecule has 1 aromatic rings. The number of benzene rings is 1. The molecule has 0 bridgehead atoms. The first-order chi connectivity index (χ1) is 29.8. The summed E-state index contributed by atoms with van der Waals surface area (Å²) < 4.78 is 21.7. The summed E-state index contributed by atoms with van der Waals surface area (Å²) in [4.78, 5) is 94.5. The highest BCUT2D eigenvalue weighted by Crippen LogP contribution is 2.07. The van der Waals surface area contributed by atoms with E-state index in [-0.39, 0.29) is 43.7 Å². The van der Waals surface area contributed by atoms with E-state index < -0.39 is 54.8 Å². The zero-order valence-electron chi connectivity index (χ0n) is 35.5. The van der Waals surface area contributed by atoms with E-state index in [4.69, 9.17) is 29.2 Å². The topological polar surface area (TPSA) is 318 Å². The van der Waals surface area contributed by atoms with Crippen LogP contribution < -0.4 is 37.2 Å². The first-order valence-corrected chi connectivity index (χ1v) is 20.7. The van der Waals surface area contributed by atoms with Gasteiger partial charge in [-0.15, -0.1) is 0 Å². The summed E-state index contributed by atoms with van der Waals surface area (Å²) in [6.07, 6.45) is 2.85. The molecule has 0 heterocycles. The summed E-state index contributed by atoms with van der Waals surface area (Å²) in [7, 11) is 1.85. The van der Waals surface area contributed by atoms with Crippen molar-refractivity contribution >= 4 is 47.6 Å². The van der Waals surface area contributed by atoms with Crippen molar-refractivity contribution in [2.24, 2.45) is 0 Å². The summed E-state index contributed by atoms with van der Waals surface area (Å²) in [5.74, 6) is -5.21. The first-order valence-electron chi connectivity index (χ1n) is 20.7. The molecule has 22 heteroatoms. The second-order valence-corrected chi connectivity index (χ2v) is 13.7. The number of hydrogen-bond donors (Lipinski definition) is 10. The maximum absolute atomic E-state index is 12.4. The fourth-order valence-corrected chi connectivity index (χ4v) is 5.29. The van der Waals surface area contributed by atoms with Crippen molar-refractivity contribution in [3.63, 3.8) is 0 Å². The molecule has 6 amide bonds. The van der Waals surface area contributed by atoms with Crippen LogP contribution in [-0.4, -0.2) is 168 Å². The van der Waals surface area contributed by atoms with Crippen molar-refractivity contribution in [2.45, 2.75) is 76.3 Å². The van der Waals surface area contributed by atoms with Gasteiger partial charge in [-0.25, -0.2) is 14.4 Å². The minimum Gasteiger partial charge on any atom is -0.481 e. The molecule has 0 spiro atoms. The Hall–Kier alpha value is -5.42. The van der Waals surface area contributed by atoms with Crippen LogP contribution in [0.5, 0.6) is 0 Å². The Kier molecular flexibility index (Phi) is 31.0. The predicted octanol–water partition coefficient (Wildman–Crippen LogP) is -0.144. The lowest BCUT2D eigenvalue weighted by molar-refractivity contribution is -0.141. The van der Waals surface area contributed by atoms with Gasteiger partial charge in [-0.3, -0.25) is 24.0 Å². The highest BCUT2D eigenvalue weighted by atomic mass is 16.5. The van der Waals surface area contributed by atoms with Crippen LogP contribution in [0.1, 0.15) is 84.9 Å². The van der Waals surface area contributed by atoms with E-state index in [1.165, 1.54) is 0 Å². The monoisotopic (exact) mass is 883 g/mol. The van der Waals surface area contributed by atoms with Gasteiger partial charge in [-0.05, 0) is 57.0 Å². The molecule has 0 saturated carbocycles. The van der Waals surface area contributed by atoms with Crippen LogP contribution in [0.25, 0.3) is 0 Å². The lowest BCUT2D eigenvalue weighted by atomic mass is 10.1. The number of aliphatic carboxylic acids is 3. The number of hydrogen-bond acceptors (Lipinski definition) is 13. The van der Waals surface area contributed by atoms with Crippen molar-refractivity contribution in [3.8, 4) is 0 Å². The molecule has 0 radical (unpaired) electrons. The zero-order valence-corrected chi connectivity index (χ0v) is 35.5. The summed E-state index contributed by atoms with van der Waals surface area (Å²) in [5.41, 5.74) is 0.841. The third-order valence-corrected chi connectivity index (χ3v) is 8.70. The van der Waals surface area contributed by atoms with Crippen molar-refractivity contribution < 1.29 is 72.6 Å². The maximum Gasteiger partial charge on any atom is 0.326 e. The van der Waals surface area contributed by atoms with Gasteiger partial charge in [0.05, 0.1) is 52.9 Å². The third-order valence-electron chi connectivity index (χ3n) is 8.70. The standard InChI is InChI=1S/C40H65N7O15/c1-41-17-21-59-25-26-61-23-19-44-36(52)29-8-10-30(11-9-29)37(53)45-20-24-62-28-27-60-22-18-43-33(48)7-5-3-2-4-6-16-42-34(49)14-12-31(38(54)55)46-40(58)47-32(39(56)57)13-15-35(50)51/h8-11,31-32,41H,2-7,12-28H2,1H3,(H,42,49)(H,43,48)(H,44,52)(H,45,53)(H,50,51)(H,54,55)(H,56,57)(H2,46,47,58). The molecule has 0 saturated heterocycles. The number of likely N-dealkylation sites (N-methyl/N-ethyl adjacent to an activating group) is 1. The molecular formula is C40H65N7O15. The van der Waals surface area contributed by atoms with E-state index in [1.807, 2.05) is 12.4 Å². The molecule has 1 rings (SSSR count). The van der Waals surface area contributed by atoms with Gasteiger partial charge < -0.3 is 71.5 Å². The fraction of sp³-hybridized carbons (Fsp3) is 0.650. The summed E-state index contributed by atoms with van der Waals surface area (Å²) >= 11 is 0. The van der Waals surface area contributed by atoms with Crippen molar-refractivity contribution in [1.82, 2.24) is 37.2 Å². The molecule has 10 N–H and O–H groups in total. The normalized spacial score (nSPS) is 11.8. The minimum atomic E-state index is -1.53. The van der Waals surface area contributed by atoms with Gasteiger partial charge in [-0.1, -0.05) is 19.3 Å². The SMILES string of the molecule is CNCCOCCOCCNC(=O)c1ccc(C(=O)NCCOCCOCCNC(=O)CCCCCCCNC(=O)CCC(NC(=O)NC(CCC(=O)O)C(=O)O)C(=O)O)cc1. The van der Waals surface area contributed by atoms with E-state index in [0.717, 1.165) is 25.8 Å². The molecule has 0 fully saturated rings. The van der Waals surface area contributed by atoms with Gasteiger partial charge >= 0.3 is 23.9 Å². The average molecular weight is 884 g/mol. The number of carboxylic acids is 3. The molecule has 62 heavy (non-hydrogen) atoms. The summed E-state index contributed by atoms with van der Waals surface area (Å²) in [5, 5.41) is 45.3. The number of carboxylic acid groups (broad SMARTS) is 3. The first kappa shape index (κ1) is 54.6. The van der Waals surface area contributed by atoms with Crippen molar-refractivity contribution in [3.05, 3.63) is 35.4 Å². The number of carbonyl (C=O) groups is 8. The van der Waals surface area contributed by atoms with Crippen LogP contribution in [0.15, 0.2) is 24.3 Å².